The number of aliphatic hydroxyl groups excluding tert-OH is 24. The van der Waals surface area contributed by atoms with Gasteiger partial charge in [-0.1, -0.05) is 0 Å². The molecule has 37 nitrogen and oxygen atoms in total. The lowest BCUT2D eigenvalue weighted by Crippen LogP contribution is -2.68. The van der Waals surface area contributed by atoms with Crippen LogP contribution < -0.4 is 21.3 Å². The van der Waals surface area contributed by atoms with Gasteiger partial charge >= 0.3 is 15.2 Å². The van der Waals surface area contributed by atoms with E-state index >= 15 is 0 Å². The molecule has 0 unspecified atom stereocenters. The van der Waals surface area contributed by atoms with Gasteiger partial charge in [0.05, 0.1) is 215 Å². The first-order valence-electron chi connectivity index (χ1n) is 22.4. The fourth-order valence-corrected chi connectivity index (χ4v) is 7.63. The number of hydrogen-bond acceptors (Lipinski definition) is 32. The summed E-state index contributed by atoms with van der Waals surface area (Å²) in [5, 5.41) is 232. The van der Waals surface area contributed by atoms with Crippen molar-refractivity contribution in [1.82, 2.24) is 31.2 Å². The summed E-state index contributed by atoms with van der Waals surface area (Å²) in [6, 6.07) is 0. The predicted molar refractivity (Wildman–Crippen MR) is 261 cm³/mol. The smallest absolute Gasteiger partial charge is 0.369 e. The number of aliphatic hydroxyl groups is 25. The molecule has 34 N–H and O–H groups in total. The molecule has 77 heavy (non-hydrogen) atoms. The van der Waals surface area contributed by atoms with Gasteiger partial charge in [0.1, 0.15) is 0 Å². The van der Waals surface area contributed by atoms with Crippen LogP contribution in [0.3, 0.4) is 0 Å². The minimum atomic E-state index is -5.43. The molecule has 1 heterocycles. The van der Waals surface area contributed by atoms with Gasteiger partial charge in [0, 0.05) is 12.1 Å². The number of imidazole rings is 1. The molecule has 1 rings (SSSR count). The topological polar surface area (TPSA) is 698 Å². The zero-order valence-electron chi connectivity index (χ0n) is 42.4. The average Bonchev–Trinajstić information content (AvgIpc) is 3.86. The molecule has 0 atom stereocenters. The highest BCUT2D eigenvalue weighted by atomic mass is 31.2. The molecule has 0 aliphatic rings. The Hall–Kier alpha value is -1.65. The number of hydrogen-bond donors (Lipinski definition) is 34. The number of nitrogens with one attached hydrogen (secondary N) is 5. The van der Waals surface area contributed by atoms with Crippen LogP contribution in [0.2, 0.25) is 0 Å². The summed E-state index contributed by atoms with van der Waals surface area (Å²) in [5.74, 6) is 0. The minimum Gasteiger partial charge on any atom is -0.394 e. The van der Waals surface area contributed by atoms with Crippen LogP contribution in [0.4, 0.5) is 0 Å². The van der Waals surface area contributed by atoms with Crippen molar-refractivity contribution in [2.45, 2.75) is 62.7 Å². The Morgan fingerprint density at radius 3 is 0.584 bits per heavy atom. The van der Waals surface area contributed by atoms with Crippen molar-refractivity contribution in [3.05, 3.63) is 17.7 Å². The first kappa shape index (κ1) is 81.8. The van der Waals surface area contributed by atoms with Crippen molar-refractivity contribution < 1.29 is 156 Å². The van der Waals surface area contributed by atoms with Crippen molar-refractivity contribution in [3.63, 3.8) is 0 Å². The molecule has 0 aliphatic heterocycles. The van der Waals surface area contributed by atoms with E-state index in [1.54, 1.807) is 0 Å². The largest absolute Gasteiger partial charge is 0.394 e. The van der Waals surface area contributed by atoms with Crippen LogP contribution in [0, 0.1) is 6.92 Å². The molecule has 1 aromatic rings. The number of aromatic amines is 1. The minimum absolute atomic E-state index is 0.0286. The SMILES string of the molecule is Cc1[nH]cnc1CC(O)(P(=O)(O)O)P(=O)(O)O.OCC(CO)(CO)NC(CO)(CO)CO.OCC(CO)(CO)NC(CO)(CO)CO.OCC(CO)(CO)NC(CO)(CO)CO.OCC(CO)(CO)NC(CO)(CO)CO. The molecule has 0 saturated carbocycles. The second-order valence-electron chi connectivity index (χ2n) is 18.1. The summed E-state index contributed by atoms with van der Waals surface area (Å²) in [5.41, 5.74) is -11.3. The van der Waals surface area contributed by atoms with E-state index in [1.165, 1.54) is 13.3 Å². The van der Waals surface area contributed by atoms with Gasteiger partial charge in [0.15, 0.2) is 0 Å². The Balaban J connectivity index is -0.000000433. The van der Waals surface area contributed by atoms with Gasteiger partial charge in [-0.05, 0) is 6.92 Å². The van der Waals surface area contributed by atoms with Gasteiger partial charge in [0.25, 0.3) is 5.08 Å². The molecule has 0 spiro atoms. The Bertz CT molecular complexity index is 1410. The molecule has 39 heteroatoms. The van der Waals surface area contributed by atoms with Crippen LogP contribution in [-0.4, -0.2) is 365 Å². The van der Waals surface area contributed by atoms with Crippen molar-refractivity contribution >= 4 is 15.2 Å². The van der Waals surface area contributed by atoms with Gasteiger partial charge in [-0.25, -0.2) is 4.98 Å². The van der Waals surface area contributed by atoms with Crippen molar-refractivity contribution in [2.75, 3.05) is 159 Å². The maximum Gasteiger partial charge on any atom is 0.369 e. The highest BCUT2D eigenvalue weighted by Gasteiger charge is 2.60. The maximum absolute atomic E-state index is 11.1. The second-order valence-corrected chi connectivity index (χ2v) is 22.1. The zero-order chi connectivity index (χ0) is 61.3. The van der Waals surface area contributed by atoms with Crippen LogP contribution in [0.1, 0.15) is 11.4 Å². The molecular formula is C38H88N6O31P2. The van der Waals surface area contributed by atoms with Crippen molar-refractivity contribution in [2.24, 2.45) is 0 Å². The van der Waals surface area contributed by atoms with Gasteiger partial charge in [-0.15, -0.1) is 0 Å². The Labute approximate surface area is 441 Å². The lowest BCUT2D eigenvalue weighted by atomic mass is 9.94. The molecule has 0 saturated heterocycles. The third-order valence-corrected chi connectivity index (χ3v) is 15.4. The molecule has 0 radical (unpaired) electrons. The quantitative estimate of drug-likeness (QED) is 0.0277. The summed E-state index contributed by atoms with van der Waals surface area (Å²) < 4.78 is 22.1. The summed E-state index contributed by atoms with van der Waals surface area (Å²) in [6.07, 6.45) is 0.237. The Morgan fingerprint density at radius 1 is 0.351 bits per heavy atom. The van der Waals surface area contributed by atoms with Crippen LogP contribution in [0.15, 0.2) is 6.33 Å². The van der Waals surface area contributed by atoms with E-state index in [2.05, 4.69) is 31.2 Å². The summed E-state index contributed by atoms with van der Waals surface area (Å²) >= 11 is 0. The third kappa shape index (κ3) is 24.0. The van der Waals surface area contributed by atoms with Crippen LogP contribution in [0.5, 0.6) is 0 Å². The summed E-state index contributed by atoms with van der Waals surface area (Å²) in [6.45, 7) is -12.8. The van der Waals surface area contributed by atoms with E-state index in [4.69, 9.17) is 142 Å². The zero-order valence-corrected chi connectivity index (χ0v) is 44.2. The third-order valence-electron chi connectivity index (χ3n) is 11.7. The summed E-state index contributed by atoms with van der Waals surface area (Å²) in [4.78, 5) is 41.8. The average molecular weight is 1190 g/mol. The summed E-state index contributed by atoms with van der Waals surface area (Å²) in [7, 11) is -10.9. The maximum atomic E-state index is 11.1. The van der Waals surface area contributed by atoms with Gasteiger partial charge in [0.2, 0.25) is 0 Å². The normalized spacial score (nSPS) is 13.4. The van der Waals surface area contributed by atoms with Crippen LogP contribution in [-0.2, 0) is 15.6 Å². The molecule has 0 aromatic carbocycles. The number of aromatic nitrogens is 2. The first-order valence-corrected chi connectivity index (χ1v) is 25.6. The van der Waals surface area contributed by atoms with E-state index < -0.39 is 230 Å². The highest BCUT2D eigenvalue weighted by molar-refractivity contribution is 7.72. The fraction of sp³-hybridized carbons (Fsp3) is 0.921. The standard InChI is InChI=1S/4C8H19NO6.C6H12N2O7P2/c4*10-1-7(2-11,3-12)9-8(4-13,5-14)6-15;1-4-5(8-3-7-4)2-6(9,16(10,11)12)17(13,14)15/h4*9-15H,1-6H2;3,9H,2H2,1H3,(H,7,8)(H2,10,11,12)(H2,13,14,15). The molecule has 0 fully saturated rings. The van der Waals surface area contributed by atoms with Gasteiger partial charge in [-0.3, -0.25) is 30.4 Å². The predicted octanol–water partition coefficient (Wildman–Crippen LogP) is -16.7. The molecule has 466 valence electrons. The molecule has 1 aromatic heterocycles. The van der Waals surface area contributed by atoms with E-state index in [-0.39, 0.29) is 5.69 Å². The van der Waals surface area contributed by atoms with Crippen LogP contribution in [0.25, 0.3) is 0 Å². The molecular weight excluding hydrogens is 1100 g/mol. The lowest BCUT2D eigenvalue weighted by molar-refractivity contribution is -0.0310. The number of H-pyrrole nitrogens is 1. The number of rotatable bonds is 36. The molecule has 0 bridgehead atoms. The molecule has 0 amide bonds. The van der Waals surface area contributed by atoms with Crippen molar-refractivity contribution in [1.29, 1.82) is 0 Å². The van der Waals surface area contributed by atoms with Gasteiger partial charge in [-0.2, -0.15) is 0 Å². The van der Waals surface area contributed by atoms with E-state index in [9.17, 15) is 14.2 Å². The van der Waals surface area contributed by atoms with E-state index in [0.29, 0.717) is 5.69 Å². The van der Waals surface area contributed by atoms with E-state index in [1.807, 2.05) is 0 Å². The highest BCUT2D eigenvalue weighted by Crippen LogP contribution is 2.68. The lowest BCUT2D eigenvalue weighted by Gasteiger charge is -2.39. The van der Waals surface area contributed by atoms with Crippen molar-refractivity contribution in [3.8, 4) is 0 Å². The van der Waals surface area contributed by atoms with Crippen LogP contribution >= 0.6 is 15.2 Å². The Kier molecular flexibility index (Phi) is 40.6. The van der Waals surface area contributed by atoms with Gasteiger partial charge < -0.3 is 152 Å². The number of aryl methyl sites for hydroxylation is 1. The second kappa shape index (κ2) is 38.2. The molecule has 0 aliphatic carbocycles. The van der Waals surface area contributed by atoms with E-state index in [0.717, 1.165) is 0 Å². The fourth-order valence-electron chi connectivity index (χ4n) is 5.56. The monoisotopic (exact) mass is 1190 g/mol. The Morgan fingerprint density at radius 2 is 0.494 bits per heavy atom. The number of nitrogens with zero attached hydrogens (tertiary/aromatic N) is 1. The first-order chi connectivity index (χ1) is 35.8.